The summed E-state index contributed by atoms with van der Waals surface area (Å²) < 4.78 is 27.2. The number of piperazine rings is 1. The maximum absolute atomic E-state index is 12.8. The first-order valence-corrected chi connectivity index (χ1v) is 8.49. The highest BCUT2D eigenvalue weighted by atomic mass is 32.2. The molecular formula is C15H24N2O2S. The lowest BCUT2D eigenvalue weighted by atomic mass is 9.87. The molecule has 1 aromatic rings. The third-order valence-electron chi connectivity index (χ3n) is 3.75. The highest BCUT2D eigenvalue weighted by Crippen LogP contribution is 2.28. The third-order valence-corrected chi connectivity index (χ3v) is 5.79. The van der Waals surface area contributed by atoms with Crippen molar-refractivity contribution < 1.29 is 8.42 Å². The Balaban J connectivity index is 2.45. The van der Waals surface area contributed by atoms with Gasteiger partial charge in [0, 0.05) is 26.2 Å². The van der Waals surface area contributed by atoms with Gasteiger partial charge in [-0.1, -0.05) is 32.9 Å². The standard InChI is InChI=1S/C15H24N2O2S/c1-12-5-6-13(15(2,3)4)11-14(12)20(18,19)17-9-7-16-8-10-17/h5-6,11,16H,7-10H2,1-4H3. The Morgan fingerprint density at radius 3 is 2.30 bits per heavy atom. The predicted octanol–water partition coefficient (Wildman–Crippen LogP) is 1.89. The summed E-state index contributed by atoms with van der Waals surface area (Å²) in [5.41, 5.74) is 1.81. The molecule has 0 aromatic heterocycles. The van der Waals surface area contributed by atoms with E-state index in [-0.39, 0.29) is 5.41 Å². The Labute approximate surface area is 122 Å². The van der Waals surface area contributed by atoms with Crippen LogP contribution >= 0.6 is 0 Å². The Hall–Kier alpha value is -0.910. The summed E-state index contributed by atoms with van der Waals surface area (Å²) in [4.78, 5) is 0.451. The first kappa shape index (κ1) is 15.5. The van der Waals surface area contributed by atoms with Gasteiger partial charge in [0.05, 0.1) is 4.90 Å². The molecule has 5 heteroatoms. The van der Waals surface area contributed by atoms with Gasteiger partial charge in [-0.2, -0.15) is 4.31 Å². The van der Waals surface area contributed by atoms with Crippen molar-refractivity contribution in [1.82, 2.24) is 9.62 Å². The number of hydrogen-bond donors (Lipinski definition) is 1. The van der Waals surface area contributed by atoms with Crippen LogP contribution in [0.25, 0.3) is 0 Å². The number of hydrogen-bond acceptors (Lipinski definition) is 3. The number of rotatable bonds is 2. The molecule has 1 heterocycles. The van der Waals surface area contributed by atoms with E-state index in [9.17, 15) is 8.42 Å². The van der Waals surface area contributed by atoms with Crippen LogP contribution in [0.3, 0.4) is 0 Å². The molecule has 2 rings (SSSR count). The lowest BCUT2D eigenvalue weighted by Crippen LogP contribution is -2.46. The van der Waals surface area contributed by atoms with Gasteiger partial charge in [0.2, 0.25) is 10.0 Å². The van der Waals surface area contributed by atoms with Crippen molar-refractivity contribution in [2.75, 3.05) is 26.2 Å². The van der Waals surface area contributed by atoms with Crippen molar-refractivity contribution >= 4 is 10.0 Å². The van der Waals surface area contributed by atoms with E-state index in [1.54, 1.807) is 4.31 Å². The van der Waals surface area contributed by atoms with E-state index >= 15 is 0 Å². The van der Waals surface area contributed by atoms with Gasteiger partial charge in [0.25, 0.3) is 0 Å². The van der Waals surface area contributed by atoms with Crippen LogP contribution in [0.2, 0.25) is 0 Å². The van der Waals surface area contributed by atoms with Crippen LogP contribution in [0, 0.1) is 6.92 Å². The molecule has 20 heavy (non-hydrogen) atoms. The van der Waals surface area contributed by atoms with Gasteiger partial charge < -0.3 is 5.32 Å². The maximum atomic E-state index is 12.8. The first-order valence-electron chi connectivity index (χ1n) is 7.05. The maximum Gasteiger partial charge on any atom is 0.243 e. The van der Waals surface area contributed by atoms with Gasteiger partial charge in [-0.15, -0.1) is 0 Å². The molecule has 1 fully saturated rings. The van der Waals surface area contributed by atoms with Crippen LogP contribution in [-0.4, -0.2) is 38.9 Å². The summed E-state index contributed by atoms with van der Waals surface area (Å²) in [7, 11) is -3.38. The number of nitrogens with one attached hydrogen (secondary N) is 1. The monoisotopic (exact) mass is 296 g/mol. The minimum absolute atomic E-state index is 0.0541. The third kappa shape index (κ3) is 3.05. The summed E-state index contributed by atoms with van der Waals surface area (Å²) in [6.45, 7) is 10.7. The molecular weight excluding hydrogens is 272 g/mol. The quantitative estimate of drug-likeness (QED) is 0.906. The fraction of sp³-hybridized carbons (Fsp3) is 0.600. The number of sulfonamides is 1. The fourth-order valence-corrected chi connectivity index (χ4v) is 4.06. The largest absolute Gasteiger partial charge is 0.314 e. The SMILES string of the molecule is Cc1ccc(C(C)(C)C)cc1S(=O)(=O)N1CCNCC1. The zero-order valence-corrected chi connectivity index (χ0v) is 13.5. The summed E-state index contributed by atoms with van der Waals surface area (Å²) in [5.74, 6) is 0. The van der Waals surface area contributed by atoms with Gasteiger partial charge in [-0.05, 0) is 29.5 Å². The lowest BCUT2D eigenvalue weighted by molar-refractivity contribution is 0.360. The van der Waals surface area contributed by atoms with Crippen molar-refractivity contribution in [3.8, 4) is 0 Å². The minimum atomic E-state index is -3.38. The lowest BCUT2D eigenvalue weighted by Gasteiger charge is -2.28. The second-order valence-electron chi connectivity index (χ2n) is 6.38. The molecule has 0 spiro atoms. The smallest absolute Gasteiger partial charge is 0.243 e. The van der Waals surface area contributed by atoms with Crippen molar-refractivity contribution in [2.24, 2.45) is 0 Å². The Morgan fingerprint density at radius 2 is 1.75 bits per heavy atom. The molecule has 1 aliphatic rings. The topological polar surface area (TPSA) is 49.4 Å². The van der Waals surface area contributed by atoms with E-state index in [1.807, 2.05) is 25.1 Å². The van der Waals surface area contributed by atoms with Crippen LogP contribution in [-0.2, 0) is 15.4 Å². The van der Waals surface area contributed by atoms with Crippen LogP contribution in [0.4, 0.5) is 0 Å². The highest BCUT2D eigenvalue weighted by Gasteiger charge is 2.28. The summed E-state index contributed by atoms with van der Waals surface area (Å²) in [6.07, 6.45) is 0. The van der Waals surface area contributed by atoms with Gasteiger partial charge in [-0.25, -0.2) is 8.42 Å². The molecule has 1 aliphatic heterocycles. The Morgan fingerprint density at radius 1 is 1.15 bits per heavy atom. The van der Waals surface area contributed by atoms with Crippen LogP contribution in [0.15, 0.2) is 23.1 Å². The molecule has 0 bridgehead atoms. The molecule has 1 aromatic carbocycles. The van der Waals surface area contributed by atoms with Crippen molar-refractivity contribution in [3.05, 3.63) is 29.3 Å². The van der Waals surface area contributed by atoms with Crippen LogP contribution in [0.5, 0.6) is 0 Å². The van der Waals surface area contributed by atoms with E-state index in [4.69, 9.17) is 0 Å². The first-order chi connectivity index (χ1) is 9.23. The molecule has 4 nitrogen and oxygen atoms in total. The van der Waals surface area contributed by atoms with Crippen molar-refractivity contribution in [3.63, 3.8) is 0 Å². The number of aryl methyl sites for hydroxylation is 1. The average Bonchev–Trinajstić information content (AvgIpc) is 2.38. The normalized spacial score (nSPS) is 18.2. The van der Waals surface area contributed by atoms with Crippen LogP contribution in [0.1, 0.15) is 31.9 Å². The molecule has 0 amide bonds. The molecule has 0 atom stereocenters. The van der Waals surface area contributed by atoms with E-state index in [2.05, 4.69) is 26.1 Å². The minimum Gasteiger partial charge on any atom is -0.314 e. The summed E-state index contributed by atoms with van der Waals surface area (Å²) in [5, 5.41) is 3.18. The Kier molecular flexibility index (Phi) is 4.23. The van der Waals surface area contributed by atoms with E-state index < -0.39 is 10.0 Å². The van der Waals surface area contributed by atoms with Crippen molar-refractivity contribution in [1.29, 1.82) is 0 Å². The molecule has 0 aliphatic carbocycles. The second-order valence-corrected chi connectivity index (χ2v) is 8.29. The zero-order chi connectivity index (χ0) is 15.0. The van der Waals surface area contributed by atoms with E-state index in [0.29, 0.717) is 18.0 Å². The molecule has 0 radical (unpaired) electrons. The van der Waals surface area contributed by atoms with Gasteiger partial charge >= 0.3 is 0 Å². The van der Waals surface area contributed by atoms with Crippen molar-refractivity contribution in [2.45, 2.75) is 38.0 Å². The van der Waals surface area contributed by atoms with Gasteiger partial charge in [-0.3, -0.25) is 0 Å². The molecule has 112 valence electrons. The number of nitrogens with zero attached hydrogens (tertiary/aromatic N) is 1. The second kappa shape index (κ2) is 5.47. The van der Waals surface area contributed by atoms with E-state index in [0.717, 1.165) is 24.2 Å². The predicted molar refractivity (Wildman–Crippen MR) is 81.5 cm³/mol. The highest BCUT2D eigenvalue weighted by molar-refractivity contribution is 7.89. The molecule has 1 saturated heterocycles. The molecule has 0 saturated carbocycles. The molecule has 0 unspecified atom stereocenters. The van der Waals surface area contributed by atoms with Gasteiger partial charge in [0.1, 0.15) is 0 Å². The average molecular weight is 296 g/mol. The summed E-state index contributed by atoms with van der Waals surface area (Å²) >= 11 is 0. The fourth-order valence-electron chi connectivity index (χ4n) is 2.37. The summed E-state index contributed by atoms with van der Waals surface area (Å²) in [6, 6.07) is 5.77. The Bertz CT molecular complexity index is 582. The van der Waals surface area contributed by atoms with Crippen LogP contribution < -0.4 is 5.32 Å². The molecule has 1 N–H and O–H groups in total. The van der Waals surface area contributed by atoms with Gasteiger partial charge in [0.15, 0.2) is 0 Å². The zero-order valence-electron chi connectivity index (χ0n) is 12.7. The van der Waals surface area contributed by atoms with E-state index in [1.165, 1.54) is 0 Å². The number of benzene rings is 1.